The second-order valence-electron chi connectivity index (χ2n) is 4.84. The molecule has 2 radical (unpaired) electrons. The van der Waals surface area contributed by atoms with Crippen LogP contribution in [-0.4, -0.2) is 119 Å². The zero-order chi connectivity index (χ0) is 16.8. The largest absolute Gasteiger partial charge is 0.790 e. The number of hydrogen-bond acceptors (Lipinski definition) is 10. The van der Waals surface area contributed by atoms with E-state index in [1.54, 1.807) is 0 Å². The van der Waals surface area contributed by atoms with E-state index >= 15 is 0 Å². The van der Waals surface area contributed by atoms with E-state index in [1.807, 2.05) is 0 Å². The van der Waals surface area contributed by atoms with Crippen LogP contribution in [0.1, 0.15) is 6.23 Å². The Balaban J connectivity index is 0.00000208. The molecule has 5 N–H and O–H groups in total. The zero-order valence-electron chi connectivity index (χ0n) is 13.8. The van der Waals surface area contributed by atoms with E-state index in [4.69, 9.17) is 4.74 Å². The van der Waals surface area contributed by atoms with Crippen LogP contribution in [0.5, 0.6) is 0 Å². The van der Waals surface area contributed by atoms with Gasteiger partial charge in [0, 0.05) is 59.1 Å². The molecule has 0 unspecified atom stereocenters. The Morgan fingerprint density at radius 2 is 1.96 bits per heavy atom. The Morgan fingerprint density at radius 1 is 1.31 bits per heavy atom. The molecule has 0 amide bonds. The van der Waals surface area contributed by atoms with Crippen LogP contribution in [0.2, 0.25) is 0 Å². The van der Waals surface area contributed by atoms with Crippen molar-refractivity contribution in [1.82, 2.24) is 19.5 Å². The molecule has 13 nitrogen and oxygen atoms in total. The van der Waals surface area contributed by atoms with E-state index in [0.717, 1.165) is 6.33 Å². The number of phosphoric acid groups is 1. The van der Waals surface area contributed by atoms with Gasteiger partial charge in [0.25, 0.3) is 5.56 Å². The summed E-state index contributed by atoms with van der Waals surface area (Å²) in [5.74, 6) is 0. The molecule has 26 heavy (non-hydrogen) atoms. The molecule has 1 saturated heterocycles. The minimum Gasteiger partial charge on any atom is -0.790 e. The van der Waals surface area contributed by atoms with Gasteiger partial charge in [-0.3, -0.25) is 9.36 Å². The normalized spacial score (nSPS) is 25.2. The molecule has 16 heteroatoms. The molecular weight excluding hydrogens is 397 g/mol. The first-order chi connectivity index (χ1) is 10.8. The first-order valence-corrected chi connectivity index (χ1v) is 7.82. The van der Waals surface area contributed by atoms with Crippen molar-refractivity contribution in [3.8, 4) is 0 Å². The summed E-state index contributed by atoms with van der Waals surface area (Å²) >= 11 is 0. The molecule has 0 aromatic carbocycles. The summed E-state index contributed by atoms with van der Waals surface area (Å²) in [6.45, 7) is -0.750. The van der Waals surface area contributed by atoms with E-state index in [2.05, 4.69) is 19.5 Å². The average Bonchev–Trinajstić information content (AvgIpc) is 3.01. The van der Waals surface area contributed by atoms with Crippen LogP contribution in [0.4, 0.5) is 0 Å². The molecule has 2 aromatic heterocycles. The van der Waals surface area contributed by atoms with Crippen LogP contribution in [0.15, 0.2) is 17.4 Å². The molecular formula is C10H13N4Na2O9P-2. The van der Waals surface area contributed by atoms with Gasteiger partial charge in [-0.2, -0.15) is 0 Å². The number of hydrogen-bond donors (Lipinski definition) is 3. The van der Waals surface area contributed by atoms with Crippen molar-refractivity contribution in [2.45, 2.75) is 24.5 Å². The number of aromatic nitrogens is 4. The summed E-state index contributed by atoms with van der Waals surface area (Å²) < 4.78 is 21.1. The minimum absolute atomic E-state index is 0. The van der Waals surface area contributed by atoms with Crippen molar-refractivity contribution in [2.24, 2.45) is 0 Å². The van der Waals surface area contributed by atoms with Gasteiger partial charge in [-0.25, -0.2) is 9.97 Å². The van der Waals surface area contributed by atoms with Gasteiger partial charge in [0.1, 0.15) is 18.3 Å². The summed E-state index contributed by atoms with van der Waals surface area (Å²) in [6, 6.07) is 0. The van der Waals surface area contributed by atoms with Gasteiger partial charge in [0.15, 0.2) is 17.4 Å². The van der Waals surface area contributed by atoms with Crippen LogP contribution < -0.4 is 15.3 Å². The topological polar surface area (TPSA) is 217 Å². The molecule has 2 aromatic rings. The van der Waals surface area contributed by atoms with Crippen molar-refractivity contribution >= 4 is 78.1 Å². The number of nitrogens with one attached hydrogen (secondary N) is 1. The SMILES string of the molecule is O.O=c1[nH]cnc2c1ncn2[C@@H]1O[C@H](COP(=O)([O-])[O-])[C@@H](O)[C@H]1O.[Na].[Na]. The molecule has 1 aliphatic heterocycles. The number of aliphatic hydroxyl groups is 2. The number of nitrogens with zero attached hydrogens (tertiary/aromatic N) is 3. The fourth-order valence-corrected chi connectivity index (χ4v) is 2.64. The van der Waals surface area contributed by atoms with Gasteiger partial charge in [-0.1, -0.05) is 0 Å². The summed E-state index contributed by atoms with van der Waals surface area (Å²) in [6.07, 6.45) is -3.11. The number of ether oxygens (including phenoxy) is 1. The van der Waals surface area contributed by atoms with E-state index in [0.29, 0.717) is 0 Å². The Labute approximate surface area is 189 Å². The summed E-state index contributed by atoms with van der Waals surface area (Å²) in [4.78, 5) is 42.6. The summed E-state index contributed by atoms with van der Waals surface area (Å²) in [5.41, 5.74) is -0.397. The monoisotopic (exact) mass is 410 g/mol. The van der Waals surface area contributed by atoms with Gasteiger partial charge in [-0.05, 0) is 0 Å². The Morgan fingerprint density at radius 3 is 2.58 bits per heavy atom. The number of fused-ring (bicyclic) bond motifs is 1. The van der Waals surface area contributed by atoms with E-state index in [9.17, 15) is 29.4 Å². The molecule has 3 rings (SSSR count). The van der Waals surface area contributed by atoms with Crippen molar-refractivity contribution in [3.05, 3.63) is 23.0 Å². The second-order valence-corrected chi connectivity index (χ2v) is 6.00. The van der Waals surface area contributed by atoms with E-state index < -0.39 is 44.5 Å². The third-order valence-corrected chi connectivity index (χ3v) is 3.84. The number of phosphoric ester groups is 1. The van der Waals surface area contributed by atoms with Crippen LogP contribution in [0, 0.1) is 0 Å². The fourth-order valence-electron chi connectivity index (χ4n) is 2.31. The molecule has 1 aliphatic rings. The molecule has 0 bridgehead atoms. The molecule has 3 heterocycles. The summed E-state index contributed by atoms with van der Waals surface area (Å²) in [5, 5.41) is 19.9. The van der Waals surface area contributed by atoms with Gasteiger partial charge in [0.2, 0.25) is 0 Å². The van der Waals surface area contributed by atoms with Gasteiger partial charge in [-0.15, -0.1) is 0 Å². The number of rotatable bonds is 4. The molecule has 4 atom stereocenters. The minimum atomic E-state index is -5.24. The Hall–Kier alpha value is 0.300. The maximum atomic E-state index is 11.6. The number of H-pyrrole nitrogens is 1. The molecule has 0 aliphatic carbocycles. The van der Waals surface area contributed by atoms with Crippen molar-refractivity contribution < 1.29 is 39.3 Å². The van der Waals surface area contributed by atoms with Gasteiger partial charge in [0.05, 0.1) is 27.1 Å². The van der Waals surface area contributed by atoms with Gasteiger partial charge < -0.3 is 44.3 Å². The second kappa shape index (κ2) is 10.2. The average molecular weight is 410 g/mol. The smallest absolute Gasteiger partial charge is 0.278 e. The third-order valence-electron chi connectivity index (χ3n) is 3.37. The van der Waals surface area contributed by atoms with Crippen molar-refractivity contribution in [3.63, 3.8) is 0 Å². The van der Waals surface area contributed by atoms with E-state index in [1.165, 1.54) is 10.9 Å². The first kappa shape index (κ1) is 26.3. The molecule has 1 fully saturated rings. The summed E-state index contributed by atoms with van der Waals surface area (Å²) in [7, 11) is -5.24. The van der Waals surface area contributed by atoms with Crippen LogP contribution in [0.25, 0.3) is 11.2 Å². The predicted octanol–water partition coefficient (Wildman–Crippen LogP) is -5.00. The third kappa shape index (κ3) is 5.43. The first-order valence-electron chi connectivity index (χ1n) is 6.36. The van der Waals surface area contributed by atoms with Gasteiger partial charge >= 0.3 is 0 Å². The predicted molar refractivity (Wildman–Crippen MR) is 82.8 cm³/mol. The standard InChI is InChI=1S/C10H13N4O8P.2Na.H2O/c15-6-4(1-21-23(18,19)20)22-10(7(6)16)14-3-13-5-8(14)11-2-12-9(5)17;;;/h2-4,6-7,10,15-16H,1H2,(H,11,12,17)(H2,18,19,20);;;1H2/p-2/t4-,6-,7-,10-;;;/m1.../s1. The maximum Gasteiger partial charge on any atom is 0.278 e. The molecule has 0 spiro atoms. The van der Waals surface area contributed by atoms with Crippen LogP contribution in [0.3, 0.4) is 0 Å². The number of aromatic amines is 1. The quantitative estimate of drug-likeness (QED) is 0.322. The number of imidazole rings is 1. The van der Waals surface area contributed by atoms with Crippen molar-refractivity contribution in [1.29, 1.82) is 0 Å². The number of aliphatic hydroxyl groups excluding tert-OH is 2. The Bertz CT molecular complexity index is 826. The van der Waals surface area contributed by atoms with Crippen LogP contribution in [-0.2, 0) is 13.8 Å². The molecule has 136 valence electrons. The molecule has 0 saturated carbocycles. The van der Waals surface area contributed by atoms with Crippen LogP contribution >= 0.6 is 7.82 Å². The maximum absolute atomic E-state index is 11.6. The van der Waals surface area contributed by atoms with E-state index in [-0.39, 0.29) is 75.8 Å². The fraction of sp³-hybridized carbons (Fsp3) is 0.500. The Kier molecular flexibility index (Phi) is 10.3. The van der Waals surface area contributed by atoms with Crippen molar-refractivity contribution in [2.75, 3.05) is 6.61 Å². The zero-order valence-corrected chi connectivity index (χ0v) is 18.7.